The number of hydrogen-bond donors (Lipinski definition) is 1. The number of hydrogen-bond acceptors (Lipinski definition) is 3. The molecule has 2 aromatic carbocycles. The molecule has 2 amide bonds. The van der Waals surface area contributed by atoms with Crippen molar-refractivity contribution in [1.82, 2.24) is 10.2 Å². The van der Waals surface area contributed by atoms with Crippen molar-refractivity contribution in [3.05, 3.63) is 69.5 Å². The molecule has 2 aromatic rings. The second-order valence-electron chi connectivity index (χ2n) is 7.34. The van der Waals surface area contributed by atoms with E-state index in [2.05, 4.69) is 5.32 Å². The molecule has 0 aliphatic carbocycles. The third-order valence-corrected chi connectivity index (χ3v) is 6.48. The van der Waals surface area contributed by atoms with Crippen LogP contribution >= 0.6 is 35.0 Å². The lowest BCUT2D eigenvalue weighted by molar-refractivity contribution is -0.138. The summed E-state index contributed by atoms with van der Waals surface area (Å²) in [4.78, 5) is 27.3. The molecule has 0 saturated carbocycles. The minimum absolute atomic E-state index is 0.00986. The van der Waals surface area contributed by atoms with Crippen LogP contribution in [0, 0.1) is 5.82 Å². The summed E-state index contributed by atoms with van der Waals surface area (Å²) in [7, 11) is 0. The van der Waals surface area contributed by atoms with Gasteiger partial charge in [0.1, 0.15) is 11.9 Å². The Labute approximate surface area is 197 Å². The quantitative estimate of drug-likeness (QED) is 0.470. The smallest absolute Gasteiger partial charge is 0.242 e. The van der Waals surface area contributed by atoms with E-state index in [-0.39, 0.29) is 35.9 Å². The second-order valence-corrected chi connectivity index (χ2v) is 9.17. The lowest BCUT2D eigenvalue weighted by atomic mass is 10.1. The van der Waals surface area contributed by atoms with Gasteiger partial charge in [-0.25, -0.2) is 4.39 Å². The summed E-state index contributed by atoms with van der Waals surface area (Å²) < 4.78 is 14.0. The topological polar surface area (TPSA) is 49.4 Å². The standard InChI is InChI=1S/C23H27Cl2FN2O2S/c1-4-15(2)27-23(30)16(3)28(12-17-7-5-8-18(24)11-17)22(29)14-31-13-19-20(25)9-6-10-21(19)26/h5-11,15-16H,4,12-14H2,1-3H3,(H,27,30)/t15-,16-/m0/s1. The fourth-order valence-electron chi connectivity index (χ4n) is 2.87. The number of halogens is 3. The molecular formula is C23H27Cl2FN2O2S. The summed E-state index contributed by atoms with van der Waals surface area (Å²) in [5.74, 6) is -0.484. The van der Waals surface area contributed by atoms with E-state index in [0.29, 0.717) is 15.6 Å². The predicted molar refractivity (Wildman–Crippen MR) is 127 cm³/mol. The van der Waals surface area contributed by atoms with E-state index in [4.69, 9.17) is 23.2 Å². The third kappa shape index (κ3) is 7.70. The molecule has 2 rings (SSSR count). The van der Waals surface area contributed by atoms with Crippen LogP contribution in [-0.2, 0) is 21.9 Å². The molecule has 8 heteroatoms. The molecule has 0 spiro atoms. The van der Waals surface area contributed by atoms with Gasteiger partial charge < -0.3 is 10.2 Å². The van der Waals surface area contributed by atoms with Gasteiger partial charge in [-0.15, -0.1) is 11.8 Å². The van der Waals surface area contributed by atoms with Crippen molar-refractivity contribution in [2.24, 2.45) is 0 Å². The molecule has 31 heavy (non-hydrogen) atoms. The van der Waals surface area contributed by atoms with E-state index in [0.717, 1.165) is 12.0 Å². The van der Waals surface area contributed by atoms with Crippen LogP contribution in [0.2, 0.25) is 10.0 Å². The van der Waals surface area contributed by atoms with Crippen molar-refractivity contribution >= 4 is 46.8 Å². The largest absolute Gasteiger partial charge is 0.352 e. The van der Waals surface area contributed by atoms with Crippen LogP contribution in [0.1, 0.15) is 38.3 Å². The van der Waals surface area contributed by atoms with Crippen LogP contribution in [0.3, 0.4) is 0 Å². The maximum atomic E-state index is 14.0. The highest BCUT2D eigenvalue weighted by Gasteiger charge is 2.27. The first-order valence-electron chi connectivity index (χ1n) is 10.1. The van der Waals surface area contributed by atoms with Crippen LogP contribution in [-0.4, -0.2) is 34.6 Å². The molecule has 0 aromatic heterocycles. The average molecular weight is 485 g/mol. The van der Waals surface area contributed by atoms with Crippen molar-refractivity contribution in [2.75, 3.05) is 5.75 Å². The van der Waals surface area contributed by atoms with E-state index in [1.165, 1.54) is 22.7 Å². The van der Waals surface area contributed by atoms with E-state index >= 15 is 0 Å². The van der Waals surface area contributed by atoms with Gasteiger partial charge in [-0.05, 0) is 50.1 Å². The highest BCUT2D eigenvalue weighted by molar-refractivity contribution is 7.99. The minimum Gasteiger partial charge on any atom is -0.352 e. The Morgan fingerprint density at radius 1 is 1.16 bits per heavy atom. The van der Waals surface area contributed by atoms with Gasteiger partial charge in [0, 0.05) is 33.9 Å². The molecule has 0 saturated heterocycles. The number of carbonyl (C=O) groups excluding carboxylic acids is 2. The summed E-state index contributed by atoms with van der Waals surface area (Å²) in [5.41, 5.74) is 1.19. The molecule has 1 N–H and O–H groups in total. The number of nitrogens with one attached hydrogen (secondary N) is 1. The van der Waals surface area contributed by atoms with Crippen LogP contribution in [0.5, 0.6) is 0 Å². The first-order chi connectivity index (χ1) is 14.7. The summed E-state index contributed by atoms with van der Waals surface area (Å²) in [6.07, 6.45) is 0.792. The van der Waals surface area contributed by atoms with Crippen LogP contribution in [0.25, 0.3) is 0 Å². The summed E-state index contributed by atoms with van der Waals surface area (Å²) in [5, 5.41) is 3.82. The number of benzene rings is 2. The Morgan fingerprint density at radius 2 is 1.87 bits per heavy atom. The molecule has 0 aliphatic rings. The molecule has 0 aliphatic heterocycles. The van der Waals surface area contributed by atoms with Crippen molar-refractivity contribution < 1.29 is 14.0 Å². The van der Waals surface area contributed by atoms with Crippen molar-refractivity contribution in [2.45, 2.75) is 51.6 Å². The molecule has 0 unspecified atom stereocenters. The lowest BCUT2D eigenvalue weighted by Gasteiger charge is -2.29. The number of amides is 2. The molecule has 2 atom stereocenters. The van der Waals surface area contributed by atoms with Gasteiger partial charge in [-0.1, -0.05) is 48.3 Å². The van der Waals surface area contributed by atoms with Gasteiger partial charge in [0.25, 0.3) is 0 Å². The Hall–Kier alpha value is -1.76. The van der Waals surface area contributed by atoms with E-state index in [1.54, 1.807) is 37.3 Å². The van der Waals surface area contributed by atoms with Gasteiger partial charge in [-0.3, -0.25) is 9.59 Å². The summed E-state index contributed by atoms with van der Waals surface area (Å²) in [6.45, 7) is 5.85. The SMILES string of the molecule is CC[C@H](C)NC(=O)[C@H](C)N(Cc1cccc(Cl)c1)C(=O)CSCc1c(F)cccc1Cl. The Kier molecular flexibility index (Phi) is 10.1. The monoisotopic (exact) mass is 484 g/mol. The fourth-order valence-corrected chi connectivity index (χ4v) is 4.34. The molecule has 0 bridgehead atoms. The van der Waals surface area contributed by atoms with Crippen LogP contribution in [0.4, 0.5) is 4.39 Å². The number of rotatable bonds is 10. The van der Waals surface area contributed by atoms with E-state index in [1.807, 2.05) is 19.9 Å². The Bertz CT molecular complexity index is 893. The van der Waals surface area contributed by atoms with Gasteiger partial charge in [0.2, 0.25) is 11.8 Å². The fraction of sp³-hybridized carbons (Fsp3) is 0.391. The van der Waals surface area contributed by atoms with Crippen molar-refractivity contribution in [3.63, 3.8) is 0 Å². The maximum Gasteiger partial charge on any atom is 0.242 e. The molecule has 4 nitrogen and oxygen atoms in total. The second kappa shape index (κ2) is 12.3. The van der Waals surface area contributed by atoms with Crippen molar-refractivity contribution in [3.8, 4) is 0 Å². The minimum atomic E-state index is -0.668. The normalized spacial score (nSPS) is 12.8. The first-order valence-corrected chi connectivity index (χ1v) is 12.0. The van der Waals surface area contributed by atoms with Gasteiger partial charge >= 0.3 is 0 Å². The van der Waals surface area contributed by atoms with E-state index in [9.17, 15) is 14.0 Å². The summed E-state index contributed by atoms with van der Waals surface area (Å²) in [6, 6.07) is 11.0. The van der Waals surface area contributed by atoms with Gasteiger partial charge in [-0.2, -0.15) is 0 Å². The Balaban J connectivity index is 2.12. The molecule has 168 valence electrons. The van der Waals surface area contributed by atoms with Crippen molar-refractivity contribution in [1.29, 1.82) is 0 Å². The number of thioether (sulfide) groups is 1. The predicted octanol–water partition coefficient (Wildman–Crippen LogP) is 5.70. The summed E-state index contributed by atoms with van der Waals surface area (Å²) >= 11 is 13.4. The number of carbonyl (C=O) groups is 2. The Morgan fingerprint density at radius 3 is 2.52 bits per heavy atom. The zero-order valence-electron chi connectivity index (χ0n) is 17.8. The highest BCUT2D eigenvalue weighted by Crippen LogP contribution is 2.24. The molecule has 0 fully saturated rings. The highest BCUT2D eigenvalue weighted by atomic mass is 35.5. The molecule has 0 heterocycles. The molecular weight excluding hydrogens is 458 g/mol. The molecule has 0 radical (unpaired) electrons. The average Bonchev–Trinajstić information content (AvgIpc) is 2.73. The van der Waals surface area contributed by atoms with Crippen LogP contribution in [0.15, 0.2) is 42.5 Å². The third-order valence-electron chi connectivity index (χ3n) is 4.94. The van der Waals surface area contributed by atoms with Gasteiger partial charge in [0.05, 0.1) is 5.75 Å². The maximum absolute atomic E-state index is 14.0. The first kappa shape index (κ1) is 25.5. The number of nitrogens with zero attached hydrogens (tertiary/aromatic N) is 1. The van der Waals surface area contributed by atoms with Crippen LogP contribution < -0.4 is 5.32 Å². The lowest BCUT2D eigenvalue weighted by Crippen LogP contribution is -2.50. The van der Waals surface area contributed by atoms with Gasteiger partial charge in [0.15, 0.2) is 0 Å². The zero-order chi connectivity index (χ0) is 23.0. The zero-order valence-corrected chi connectivity index (χ0v) is 20.2. The van der Waals surface area contributed by atoms with E-state index < -0.39 is 11.9 Å².